The molecule has 0 amide bonds. The molecule has 0 aliphatic heterocycles. The molecule has 92 valence electrons. The molecule has 0 bridgehead atoms. The molecule has 20 heavy (non-hydrogen) atoms. The van der Waals surface area contributed by atoms with Crippen LogP contribution in [0, 0.1) is 0 Å². The maximum atomic E-state index is 2.33. The van der Waals surface area contributed by atoms with E-state index in [0.29, 0.717) is 0 Å². The SMILES string of the molecule is C1=CC2=Cc3c(ccc4c5cccccc-5cc34)C2=C1. The lowest BCUT2D eigenvalue weighted by Gasteiger charge is -2.02. The molecule has 4 aliphatic carbocycles. The van der Waals surface area contributed by atoms with Gasteiger partial charge in [0.15, 0.2) is 0 Å². The predicted octanol–water partition coefficient (Wildman–Crippen LogP) is 5.29. The normalized spacial score (nSPS) is 15.4. The third kappa shape index (κ3) is 1.16. The summed E-state index contributed by atoms with van der Waals surface area (Å²) < 4.78 is 0. The van der Waals surface area contributed by atoms with Gasteiger partial charge in [0.1, 0.15) is 0 Å². The van der Waals surface area contributed by atoms with Crippen molar-refractivity contribution < 1.29 is 0 Å². The Morgan fingerprint density at radius 1 is 0.750 bits per heavy atom. The number of allylic oxidation sites excluding steroid dienone is 5. The standard InChI is InChI=1S/C20H12/c1-2-5-13-11-19-17(15(13)7-3-1)9-10-18-16-8-4-6-14(16)12-20(18)19/h1-12H. The molecule has 0 nitrogen and oxygen atoms in total. The van der Waals surface area contributed by atoms with Crippen molar-refractivity contribution in [1.82, 2.24) is 0 Å². The summed E-state index contributed by atoms with van der Waals surface area (Å²) in [5.41, 5.74) is 8.14. The van der Waals surface area contributed by atoms with Crippen LogP contribution in [0.2, 0.25) is 0 Å². The molecular formula is C20H12. The molecule has 1 aromatic carbocycles. The Kier molecular flexibility index (Phi) is 1.78. The fourth-order valence-corrected chi connectivity index (χ4v) is 3.47. The summed E-state index contributed by atoms with van der Waals surface area (Å²) in [6.07, 6.45) is 8.87. The third-order valence-electron chi connectivity index (χ3n) is 4.39. The average molecular weight is 252 g/mol. The van der Waals surface area contributed by atoms with Gasteiger partial charge in [-0.25, -0.2) is 0 Å². The van der Waals surface area contributed by atoms with Crippen molar-refractivity contribution in [3.63, 3.8) is 0 Å². The minimum absolute atomic E-state index is 1.32. The first kappa shape index (κ1) is 10.2. The van der Waals surface area contributed by atoms with E-state index in [1.165, 1.54) is 44.2 Å². The van der Waals surface area contributed by atoms with Gasteiger partial charge in [-0.05, 0) is 56.3 Å². The summed E-state index contributed by atoms with van der Waals surface area (Å²) in [4.78, 5) is 0. The second kappa shape index (κ2) is 3.49. The van der Waals surface area contributed by atoms with Gasteiger partial charge in [-0.2, -0.15) is 0 Å². The van der Waals surface area contributed by atoms with Gasteiger partial charge >= 0.3 is 0 Å². The molecule has 0 radical (unpaired) electrons. The lowest BCUT2D eigenvalue weighted by molar-refractivity contribution is 1.70. The van der Waals surface area contributed by atoms with E-state index < -0.39 is 0 Å². The van der Waals surface area contributed by atoms with Gasteiger partial charge in [0.05, 0.1) is 0 Å². The zero-order valence-electron chi connectivity index (χ0n) is 10.9. The van der Waals surface area contributed by atoms with Crippen LogP contribution in [-0.4, -0.2) is 0 Å². The second-order valence-corrected chi connectivity index (χ2v) is 5.45. The third-order valence-corrected chi connectivity index (χ3v) is 4.39. The summed E-state index contributed by atoms with van der Waals surface area (Å²) in [6.45, 7) is 0. The highest BCUT2D eigenvalue weighted by Crippen LogP contribution is 2.45. The van der Waals surface area contributed by atoms with Gasteiger partial charge in [-0.1, -0.05) is 60.7 Å². The highest BCUT2D eigenvalue weighted by Gasteiger charge is 2.22. The number of benzene rings is 1. The molecule has 5 rings (SSSR count). The van der Waals surface area contributed by atoms with Crippen LogP contribution in [0.4, 0.5) is 0 Å². The Hall–Kier alpha value is -2.60. The first-order valence-electron chi connectivity index (χ1n) is 6.97. The minimum atomic E-state index is 1.32. The van der Waals surface area contributed by atoms with Crippen LogP contribution in [0.25, 0.3) is 33.5 Å². The highest BCUT2D eigenvalue weighted by atomic mass is 14.3. The van der Waals surface area contributed by atoms with Crippen molar-refractivity contribution in [2.75, 3.05) is 0 Å². The monoisotopic (exact) mass is 252 g/mol. The fourth-order valence-electron chi connectivity index (χ4n) is 3.47. The molecule has 0 fully saturated rings. The fraction of sp³-hybridized carbons (Fsp3) is 0. The molecule has 0 unspecified atom stereocenters. The molecule has 0 spiro atoms. The molecule has 0 heteroatoms. The molecule has 0 saturated carbocycles. The Labute approximate surface area is 117 Å². The summed E-state index contributed by atoms with van der Waals surface area (Å²) in [5, 5.41) is 2.73. The Bertz CT molecular complexity index is 935. The Morgan fingerprint density at radius 3 is 2.70 bits per heavy atom. The van der Waals surface area contributed by atoms with E-state index in [2.05, 4.69) is 72.8 Å². The summed E-state index contributed by atoms with van der Waals surface area (Å²) in [5.74, 6) is 0. The molecule has 1 aromatic rings. The quantitative estimate of drug-likeness (QED) is 0.509. The number of hydrogen-bond acceptors (Lipinski definition) is 0. The lowest BCUT2D eigenvalue weighted by atomic mass is 10.0. The van der Waals surface area contributed by atoms with Crippen LogP contribution >= 0.6 is 0 Å². The van der Waals surface area contributed by atoms with Crippen LogP contribution in [0.15, 0.2) is 72.3 Å². The minimum Gasteiger partial charge on any atom is -0.0622 e. The highest BCUT2D eigenvalue weighted by molar-refractivity contribution is 6.12. The van der Waals surface area contributed by atoms with Crippen LogP contribution in [0.5, 0.6) is 0 Å². The van der Waals surface area contributed by atoms with Crippen LogP contribution in [0.1, 0.15) is 11.1 Å². The molecular weight excluding hydrogens is 240 g/mol. The van der Waals surface area contributed by atoms with Gasteiger partial charge in [-0.15, -0.1) is 0 Å². The van der Waals surface area contributed by atoms with Crippen molar-refractivity contribution in [3.8, 4) is 11.1 Å². The van der Waals surface area contributed by atoms with Crippen LogP contribution in [0.3, 0.4) is 0 Å². The summed E-state index contributed by atoms with van der Waals surface area (Å²) >= 11 is 0. The first-order valence-corrected chi connectivity index (χ1v) is 6.97. The van der Waals surface area contributed by atoms with E-state index in [-0.39, 0.29) is 0 Å². The largest absolute Gasteiger partial charge is 0.0622 e. The van der Waals surface area contributed by atoms with Crippen LogP contribution in [-0.2, 0) is 0 Å². The van der Waals surface area contributed by atoms with E-state index >= 15 is 0 Å². The zero-order chi connectivity index (χ0) is 13.1. The molecule has 0 atom stereocenters. The van der Waals surface area contributed by atoms with E-state index in [1.54, 1.807) is 0 Å². The van der Waals surface area contributed by atoms with Gasteiger partial charge < -0.3 is 0 Å². The van der Waals surface area contributed by atoms with Crippen molar-refractivity contribution in [2.24, 2.45) is 0 Å². The summed E-state index contributed by atoms with van der Waals surface area (Å²) in [6, 6.07) is 17.6. The van der Waals surface area contributed by atoms with E-state index in [9.17, 15) is 0 Å². The van der Waals surface area contributed by atoms with Gasteiger partial charge in [0.2, 0.25) is 0 Å². The van der Waals surface area contributed by atoms with Crippen molar-refractivity contribution in [3.05, 3.63) is 83.5 Å². The Morgan fingerprint density at radius 2 is 1.70 bits per heavy atom. The predicted molar refractivity (Wildman–Crippen MR) is 85.7 cm³/mol. The molecule has 0 saturated heterocycles. The number of rotatable bonds is 0. The van der Waals surface area contributed by atoms with Gasteiger partial charge in [0, 0.05) is 0 Å². The lowest BCUT2D eigenvalue weighted by Crippen LogP contribution is -1.81. The van der Waals surface area contributed by atoms with Crippen LogP contribution < -0.4 is 0 Å². The number of hydrogen-bond donors (Lipinski definition) is 0. The molecule has 0 aromatic heterocycles. The van der Waals surface area contributed by atoms with Crippen molar-refractivity contribution in [1.29, 1.82) is 0 Å². The topological polar surface area (TPSA) is 0 Å². The van der Waals surface area contributed by atoms with Gasteiger partial charge in [-0.3, -0.25) is 0 Å². The molecule has 0 heterocycles. The first-order chi connectivity index (χ1) is 9.92. The van der Waals surface area contributed by atoms with Crippen molar-refractivity contribution in [2.45, 2.75) is 0 Å². The zero-order valence-corrected chi connectivity index (χ0v) is 10.9. The van der Waals surface area contributed by atoms with E-state index in [0.717, 1.165) is 0 Å². The van der Waals surface area contributed by atoms with E-state index in [4.69, 9.17) is 0 Å². The maximum absolute atomic E-state index is 2.33. The maximum Gasteiger partial charge on any atom is -0.00926 e. The smallest absolute Gasteiger partial charge is 0.00926 e. The van der Waals surface area contributed by atoms with Gasteiger partial charge in [0.25, 0.3) is 0 Å². The summed E-state index contributed by atoms with van der Waals surface area (Å²) in [7, 11) is 0. The Balaban J connectivity index is 1.94. The molecule has 0 N–H and O–H groups in total. The van der Waals surface area contributed by atoms with E-state index in [1.807, 2.05) is 0 Å². The average Bonchev–Trinajstić information content (AvgIpc) is 3.07. The second-order valence-electron chi connectivity index (χ2n) is 5.45. The molecule has 4 aliphatic rings. The number of fused-ring (bicyclic) bond motifs is 7. The van der Waals surface area contributed by atoms with Crippen molar-refractivity contribution >= 4 is 22.4 Å².